The van der Waals surface area contributed by atoms with Crippen LogP contribution in [0.4, 0.5) is 0 Å². The molecule has 0 amide bonds. The normalized spacial score (nSPS) is 11.0. The van der Waals surface area contributed by atoms with E-state index in [4.69, 9.17) is 4.74 Å². The molecule has 0 fully saturated rings. The first-order valence-electron chi connectivity index (χ1n) is 6.39. The summed E-state index contributed by atoms with van der Waals surface area (Å²) >= 11 is 1.53. The topological polar surface area (TPSA) is 42.4 Å². The van der Waals surface area contributed by atoms with Crippen molar-refractivity contribution in [3.63, 3.8) is 0 Å². The Balaban J connectivity index is 2.10. The van der Waals surface area contributed by atoms with Crippen LogP contribution >= 0.6 is 11.3 Å². The number of hydrogen-bond donors (Lipinski definition) is 1. The number of aromatic nitrogens is 1. The molecule has 19 heavy (non-hydrogen) atoms. The predicted octanol–water partition coefficient (Wildman–Crippen LogP) is 3.65. The van der Waals surface area contributed by atoms with E-state index in [-0.39, 0.29) is 6.61 Å². The van der Waals surface area contributed by atoms with Crippen LogP contribution in [-0.2, 0) is 13.2 Å². The molecule has 1 aromatic heterocycles. The van der Waals surface area contributed by atoms with Gasteiger partial charge in [-0.05, 0) is 24.5 Å². The van der Waals surface area contributed by atoms with Gasteiger partial charge in [0.15, 0.2) is 0 Å². The number of rotatable bonds is 5. The summed E-state index contributed by atoms with van der Waals surface area (Å²) in [6.45, 7) is 6.70. The maximum absolute atomic E-state index is 9.34. The summed E-state index contributed by atoms with van der Waals surface area (Å²) in [6.07, 6.45) is 0. The van der Waals surface area contributed by atoms with Crippen molar-refractivity contribution in [2.75, 3.05) is 0 Å². The van der Waals surface area contributed by atoms with E-state index < -0.39 is 0 Å². The molecule has 2 aromatic rings. The van der Waals surface area contributed by atoms with Gasteiger partial charge in [0.05, 0.1) is 17.2 Å². The molecule has 0 spiro atoms. The molecule has 0 atom stereocenters. The first kappa shape index (κ1) is 14.0. The monoisotopic (exact) mass is 277 g/mol. The molecular weight excluding hydrogens is 258 g/mol. The highest BCUT2D eigenvalue weighted by molar-refractivity contribution is 7.11. The van der Waals surface area contributed by atoms with Gasteiger partial charge < -0.3 is 9.84 Å². The number of hydrogen-bond acceptors (Lipinski definition) is 4. The summed E-state index contributed by atoms with van der Waals surface area (Å²) in [5.74, 6) is 1.21. The molecule has 0 aliphatic heterocycles. The summed E-state index contributed by atoms with van der Waals surface area (Å²) < 4.78 is 5.78. The zero-order valence-electron chi connectivity index (χ0n) is 11.5. The van der Waals surface area contributed by atoms with Crippen molar-refractivity contribution >= 4 is 11.3 Å². The Labute approximate surface area is 117 Å². The van der Waals surface area contributed by atoms with E-state index >= 15 is 0 Å². The Morgan fingerprint density at radius 3 is 2.63 bits per heavy atom. The minimum absolute atomic E-state index is 0.0511. The Bertz CT molecular complexity index is 549. The highest BCUT2D eigenvalue weighted by Gasteiger charge is 2.13. The third-order valence-electron chi connectivity index (χ3n) is 2.91. The first-order chi connectivity index (χ1) is 9.11. The third-order valence-corrected chi connectivity index (χ3v) is 3.94. The fraction of sp³-hybridized carbons (Fsp3) is 0.400. The Morgan fingerprint density at radius 2 is 2.05 bits per heavy atom. The second-order valence-electron chi connectivity index (χ2n) is 4.78. The lowest BCUT2D eigenvalue weighted by atomic mass is 10.1. The van der Waals surface area contributed by atoms with Crippen LogP contribution in [0.25, 0.3) is 0 Å². The van der Waals surface area contributed by atoms with E-state index in [1.807, 2.05) is 31.2 Å². The van der Waals surface area contributed by atoms with Crippen molar-refractivity contribution in [1.29, 1.82) is 0 Å². The molecule has 0 saturated heterocycles. The van der Waals surface area contributed by atoms with Crippen LogP contribution in [0.2, 0.25) is 0 Å². The molecule has 1 heterocycles. The number of aliphatic hydroxyl groups is 1. The maximum atomic E-state index is 9.34. The van der Waals surface area contributed by atoms with Crippen LogP contribution in [0.5, 0.6) is 5.75 Å². The van der Waals surface area contributed by atoms with E-state index in [0.717, 1.165) is 26.9 Å². The van der Waals surface area contributed by atoms with E-state index in [2.05, 4.69) is 18.8 Å². The molecule has 0 bridgehead atoms. The van der Waals surface area contributed by atoms with Crippen molar-refractivity contribution in [1.82, 2.24) is 4.98 Å². The van der Waals surface area contributed by atoms with E-state index in [0.29, 0.717) is 12.5 Å². The summed E-state index contributed by atoms with van der Waals surface area (Å²) in [6, 6.07) is 7.93. The zero-order chi connectivity index (χ0) is 13.8. The van der Waals surface area contributed by atoms with Gasteiger partial charge in [-0.15, -0.1) is 11.3 Å². The molecule has 4 heteroatoms. The number of aliphatic hydroxyl groups excluding tert-OH is 1. The second kappa shape index (κ2) is 6.17. The summed E-state index contributed by atoms with van der Waals surface area (Å²) in [5, 5.41) is 10.3. The minimum atomic E-state index is 0.0511. The molecule has 1 aromatic carbocycles. The third kappa shape index (κ3) is 3.33. The Kier molecular flexibility index (Phi) is 4.56. The van der Waals surface area contributed by atoms with Gasteiger partial charge >= 0.3 is 0 Å². The molecule has 0 unspecified atom stereocenters. The van der Waals surface area contributed by atoms with Gasteiger partial charge in [0.25, 0.3) is 0 Å². The standard InChI is InChI=1S/C15H19NO2S/c1-10(2)15-13(8-17)19-14(16-15)9-18-12-7-5-4-6-11(12)3/h4-7,10,17H,8-9H2,1-3H3. The van der Waals surface area contributed by atoms with Gasteiger partial charge in [-0.3, -0.25) is 0 Å². The van der Waals surface area contributed by atoms with Gasteiger partial charge in [-0.25, -0.2) is 4.98 Å². The van der Waals surface area contributed by atoms with Gasteiger partial charge in [0.2, 0.25) is 0 Å². The molecular formula is C15H19NO2S. The second-order valence-corrected chi connectivity index (χ2v) is 5.95. The molecule has 102 valence electrons. The van der Waals surface area contributed by atoms with E-state index in [1.54, 1.807) is 0 Å². The number of benzene rings is 1. The molecule has 0 aliphatic rings. The lowest BCUT2D eigenvalue weighted by Gasteiger charge is -2.06. The van der Waals surface area contributed by atoms with Gasteiger partial charge in [0.1, 0.15) is 17.4 Å². The maximum Gasteiger partial charge on any atom is 0.140 e. The smallest absolute Gasteiger partial charge is 0.140 e. The lowest BCUT2D eigenvalue weighted by molar-refractivity contribution is 0.283. The summed E-state index contributed by atoms with van der Waals surface area (Å²) in [4.78, 5) is 5.50. The van der Waals surface area contributed by atoms with Crippen molar-refractivity contribution in [3.8, 4) is 5.75 Å². The SMILES string of the molecule is Cc1ccccc1OCc1nc(C(C)C)c(CO)s1. The molecule has 3 nitrogen and oxygen atoms in total. The lowest BCUT2D eigenvalue weighted by Crippen LogP contribution is -1.97. The highest BCUT2D eigenvalue weighted by atomic mass is 32.1. The van der Waals surface area contributed by atoms with E-state index in [1.165, 1.54) is 11.3 Å². The first-order valence-corrected chi connectivity index (χ1v) is 7.21. The minimum Gasteiger partial charge on any atom is -0.486 e. The number of nitrogens with zero attached hydrogens (tertiary/aromatic N) is 1. The molecule has 2 rings (SSSR count). The van der Waals surface area contributed by atoms with E-state index in [9.17, 15) is 5.11 Å². The van der Waals surface area contributed by atoms with Crippen LogP contribution in [0.3, 0.4) is 0 Å². The molecule has 0 aliphatic carbocycles. The number of thiazole rings is 1. The van der Waals surface area contributed by atoms with Crippen LogP contribution in [0, 0.1) is 6.92 Å². The largest absolute Gasteiger partial charge is 0.486 e. The molecule has 1 N–H and O–H groups in total. The fourth-order valence-corrected chi connectivity index (χ4v) is 2.89. The van der Waals surface area contributed by atoms with Gasteiger partial charge in [0, 0.05) is 0 Å². The van der Waals surface area contributed by atoms with Gasteiger partial charge in [-0.2, -0.15) is 0 Å². The van der Waals surface area contributed by atoms with Crippen molar-refractivity contribution < 1.29 is 9.84 Å². The van der Waals surface area contributed by atoms with Crippen molar-refractivity contribution in [3.05, 3.63) is 45.4 Å². The number of aryl methyl sites for hydroxylation is 1. The molecule has 0 saturated carbocycles. The summed E-state index contributed by atoms with van der Waals surface area (Å²) in [5.41, 5.74) is 2.10. The fourth-order valence-electron chi connectivity index (χ4n) is 1.90. The van der Waals surface area contributed by atoms with Crippen LogP contribution < -0.4 is 4.74 Å². The van der Waals surface area contributed by atoms with Crippen molar-refractivity contribution in [2.24, 2.45) is 0 Å². The van der Waals surface area contributed by atoms with Crippen LogP contribution in [0.1, 0.15) is 40.9 Å². The quantitative estimate of drug-likeness (QED) is 0.907. The molecule has 0 radical (unpaired) electrons. The highest BCUT2D eigenvalue weighted by Crippen LogP contribution is 2.26. The van der Waals surface area contributed by atoms with Gasteiger partial charge in [-0.1, -0.05) is 32.0 Å². The average molecular weight is 277 g/mol. The Morgan fingerprint density at radius 1 is 1.32 bits per heavy atom. The van der Waals surface area contributed by atoms with Crippen molar-refractivity contribution in [2.45, 2.75) is 39.9 Å². The predicted molar refractivity (Wildman–Crippen MR) is 77.6 cm³/mol. The average Bonchev–Trinajstić information content (AvgIpc) is 2.81. The van der Waals surface area contributed by atoms with Crippen LogP contribution in [-0.4, -0.2) is 10.1 Å². The number of ether oxygens (including phenoxy) is 1. The van der Waals surface area contributed by atoms with Crippen LogP contribution in [0.15, 0.2) is 24.3 Å². The Hall–Kier alpha value is -1.39. The zero-order valence-corrected chi connectivity index (χ0v) is 12.3. The summed E-state index contributed by atoms with van der Waals surface area (Å²) in [7, 11) is 0. The number of para-hydroxylation sites is 1.